The third kappa shape index (κ3) is 5.40. The van der Waals surface area contributed by atoms with Gasteiger partial charge in [-0.05, 0) is 36.6 Å². The lowest BCUT2D eigenvalue weighted by atomic mass is 10.2. The Kier molecular flexibility index (Phi) is 7.67. The molecule has 1 aromatic carbocycles. The van der Waals surface area contributed by atoms with Crippen molar-refractivity contribution in [3.05, 3.63) is 57.1 Å². The van der Waals surface area contributed by atoms with E-state index in [-0.39, 0.29) is 24.0 Å². The molecule has 0 radical (unpaired) electrons. The molecular formula is C18H22IN3OS2. The summed E-state index contributed by atoms with van der Waals surface area (Å²) in [5.41, 5.74) is 0. The molecule has 4 nitrogen and oxygen atoms in total. The van der Waals surface area contributed by atoms with Gasteiger partial charge in [-0.2, -0.15) is 0 Å². The van der Waals surface area contributed by atoms with Gasteiger partial charge in [0.1, 0.15) is 6.10 Å². The zero-order chi connectivity index (χ0) is 16.9. The first-order chi connectivity index (χ1) is 11.7. The molecule has 3 rings (SSSR count). The highest BCUT2D eigenvalue weighted by Crippen LogP contribution is 2.29. The van der Waals surface area contributed by atoms with Crippen LogP contribution in [0.1, 0.15) is 20.7 Å². The Balaban J connectivity index is 0.00000225. The van der Waals surface area contributed by atoms with Gasteiger partial charge in [-0.15, -0.1) is 46.7 Å². The number of guanidine groups is 1. The second-order valence-electron chi connectivity index (χ2n) is 5.52. The summed E-state index contributed by atoms with van der Waals surface area (Å²) in [5.74, 6) is 0.696. The normalized spacial score (nSPS) is 12.7. The van der Waals surface area contributed by atoms with E-state index in [4.69, 9.17) is 0 Å². The topological polar surface area (TPSA) is 56.7 Å². The van der Waals surface area contributed by atoms with Crippen molar-refractivity contribution in [3.8, 4) is 0 Å². The van der Waals surface area contributed by atoms with Crippen molar-refractivity contribution in [2.45, 2.75) is 19.6 Å². The van der Waals surface area contributed by atoms with Crippen LogP contribution in [0.2, 0.25) is 0 Å². The molecule has 3 aromatic rings. The van der Waals surface area contributed by atoms with Crippen LogP contribution >= 0.6 is 46.7 Å². The summed E-state index contributed by atoms with van der Waals surface area (Å²) in [7, 11) is 1.74. The number of hydrogen-bond acceptors (Lipinski definition) is 4. The molecule has 2 aromatic heterocycles. The van der Waals surface area contributed by atoms with E-state index in [0.717, 1.165) is 11.4 Å². The fraction of sp³-hybridized carbons (Fsp3) is 0.278. The highest BCUT2D eigenvalue weighted by molar-refractivity contribution is 14.0. The van der Waals surface area contributed by atoms with Gasteiger partial charge in [-0.25, -0.2) is 0 Å². The van der Waals surface area contributed by atoms with Crippen LogP contribution in [0.25, 0.3) is 10.1 Å². The fourth-order valence-electron chi connectivity index (χ4n) is 2.43. The molecule has 0 bridgehead atoms. The first-order valence-corrected chi connectivity index (χ1v) is 9.45. The third-order valence-electron chi connectivity index (χ3n) is 3.69. The number of aliphatic hydroxyl groups excluding tert-OH is 1. The summed E-state index contributed by atoms with van der Waals surface area (Å²) in [5, 5.41) is 18.1. The quantitative estimate of drug-likeness (QED) is 0.286. The Labute approximate surface area is 173 Å². The number of nitrogens with zero attached hydrogens (tertiary/aromatic N) is 1. The number of aliphatic hydroxyl groups is 1. The van der Waals surface area contributed by atoms with Crippen molar-refractivity contribution >= 4 is 62.7 Å². The van der Waals surface area contributed by atoms with Gasteiger partial charge in [-0.3, -0.25) is 4.99 Å². The zero-order valence-corrected chi connectivity index (χ0v) is 18.1. The van der Waals surface area contributed by atoms with Crippen LogP contribution in [-0.4, -0.2) is 24.7 Å². The number of benzene rings is 1. The predicted molar refractivity (Wildman–Crippen MR) is 119 cm³/mol. The molecule has 134 valence electrons. The minimum absolute atomic E-state index is 0. The lowest BCUT2D eigenvalue weighted by Crippen LogP contribution is -2.38. The predicted octanol–water partition coefficient (Wildman–Crippen LogP) is 4.29. The molecule has 0 fully saturated rings. The van der Waals surface area contributed by atoms with Crippen molar-refractivity contribution in [1.29, 1.82) is 0 Å². The molecule has 0 aliphatic heterocycles. The van der Waals surface area contributed by atoms with Crippen molar-refractivity contribution < 1.29 is 5.11 Å². The highest BCUT2D eigenvalue weighted by Gasteiger charge is 2.12. The summed E-state index contributed by atoms with van der Waals surface area (Å²) in [6, 6.07) is 14.5. The van der Waals surface area contributed by atoms with Crippen LogP contribution in [-0.2, 0) is 6.54 Å². The Morgan fingerprint density at radius 1 is 1.16 bits per heavy atom. The number of thiophene rings is 2. The van der Waals surface area contributed by atoms with Crippen LogP contribution < -0.4 is 10.6 Å². The number of fused-ring (bicyclic) bond motifs is 1. The molecule has 7 heteroatoms. The standard InChI is InChI=1S/C18H21N3OS2.HI/c1-12-7-8-14(23-12)10-20-18(19-2)21-11-15(22)17-9-13-5-3-4-6-16(13)24-17;/h3-9,15,22H,10-11H2,1-2H3,(H2,19,20,21);1H. The van der Waals surface area contributed by atoms with Gasteiger partial charge in [0.2, 0.25) is 0 Å². The molecule has 0 spiro atoms. The first kappa shape index (κ1) is 20.2. The van der Waals surface area contributed by atoms with Crippen molar-refractivity contribution in [3.63, 3.8) is 0 Å². The maximum atomic E-state index is 10.4. The Morgan fingerprint density at radius 2 is 1.96 bits per heavy atom. The van der Waals surface area contributed by atoms with Crippen molar-refractivity contribution in [1.82, 2.24) is 10.6 Å². The lowest BCUT2D eigenvalue weighted by Gasteiger charge is -2.14. The van der Waals surface area contributed by atoms with Gasteiger partial charge in [0.05, 0.1) is 6.54 Å². The molecule has 1 atom stereocenters. The Morgan fingerprint density at radius 3 is 2.64 bits per heavy atom. The van der Waals surface area contributed by atoms with E-state index in [2.05, 4.69) is 52.9 Å². The van der Waals surface area contributed by atoms with E-state index in [1.807, 2.05) is 12.1 Å². The molecule has 0 saturated heterocycles. The minimum atomic E-state index is -0.551. The highest BCUT2D eigenvalue weighted by atomic mass is 127. The van der Waals surface area contributed by atoms with Gasteiger partial charge >= 0.3 is 0 Å². The van der Waals surface area contributed by atoms with E-state index in [1.54, 1.807) is 29.7 Å². The summed E-state index contributed by atoms with van der Waals surface area (Å²) >= 11 is 3.40. The number of halogens is 1. The Bertz CT molecular complexity index is 811. The fourth-order valence-corrected chi connectivity index (χ4v) is 4.31. The molecular weight excluding hydrogens is 465 g/mol. The zero-order valence-electron chi connectivity index (χ0n) is 14.2. The molecule has 2 heterocycles. The van der Waals surface area contributed by atoms with Crippen LogP contribution in [0.15, 0.2) is 47.5 Å². The van der Waals surface area contributed by atoms with Crippen LogP contribution in [0, 0.1) is 6.92 Å². The monoisotopic (exact) mass is 487 g/mol. The van der Waals surface area contributed by atoms with Crippen LogP contribution in [0.4, 0.5) is 0 Å². The lowest BCUT2D eigenvalue weighted by molar-refractivity contribution is 0.184. The van der Waals surface area contributed by atoms with E-state index < -0.39 is 6.10 Å². The van der Waals surface area contributed by atoms with Gasteiger partial charge in [-0.1, -0.05) is 18.2 Å². The third-order valence-corrected chi connectivity index (χ3v) is 5.90. The molecule has 1 unspecified atom stereocenters. The van der Waals surface area contributed by atoms with Crippen molar-refractivity contribution in [2.24, 2.45) is 4.99 Å². The minimum Gasteiger partial charge on any atom is -0.386 e. The number of rotatable bonds is 5. The molecule has 3 N–H and O–H groups in total. The average molecular weight is 487 g/mol. The maximum absolute atomic E-state index is 10.4. The van der Waals surface area contributed by atoms with E-state index in [0.29, 0.717) is 12.5 Å². The van der Waals surface area contributed by atoms with E-state index >= 15 is 0 Å². The first-order valence-electron chi connectivity index (χ1n) is 7.82. The van der Waals surface area contributed by atoms with E-state index in [1.165, 1.54) is 19.8 Å². The summed E-state index contributed by atoms with van der Waals surface area (Å²) in [6.45, 7) is 3.26. The van der Waals surface area contributed by atoms with Gasteiger partial charge in [0.25, 0.3) is 0 Å². The van der Waals surface area contributed by atoms with E-state index in [9.17, 15) is 5.11 Å². The molecule has 0 amide bonds. The van der Waals surface area contributed by atoms with Gasteiger partial charge in [0.15, 0.2) is 5.96 Å². The second-order valence-corrected chi connectivity index (χ2v) is 8.01. The molecule has 0 aliphatic carbocycles. The Hall–Kier alpha value is -1.16. The second kappa shape index (κ2) is 9.51. The van der Waals surface area contributed by atoms with Crippen LogP contribution in [0.5, 0.6) is 0 Å². The largest absolute Gasteiger partial charge is 0.386 e. The van der Waals surface area contributed by atoms with Crippen LogP contribution in [0.3, 0.4) is 0 Å². The number of aliphatic imine (C=N–C) groups is 1. The van der Waals surface area contributed by atoms with Gasteiger partial charge in [0, 0.05) is 32.9 Å². The van der Waals surface area contributed by atoms with Crippen molar-refractivity contribution in [2.75, 3.05) is 13.6 Å². The number of hydrogen-bond donors (Lipinski definition) is 3. The average Bonchev–Trinajstić information content (AvgIpc) is 3.20. The molecule has 0 saturated carbocycles. The summed E-state index contributed by atoms with van der Waals surface area (Å²) in [6.07, 6.45) is -0.551. The maximum Gasteiger partial charge on any atom is 0.191 e. The van der Waals surface area contributed by atoms with Gasteiger partial charge < -0.3 is 15.7 Å². The number of aryl methyl sites for hydroxylation is 1. The summed E-state index contributed by atoms with van der Waals surface area (Å²) in [4.78, 5) is 7.74. The number of nitrogens with one attached hydrogen (secondary N) is 2. The SMILES string of the molecule is CN=C(NCc1ccc(C)s1)NCC(O)c1cc2ccccc2s1.I. The molecule has 0 aliphatic rings. The molecule has 25 heavy (non-hydrogen) atoms. The smallest absolute Gasteiger partial charge is 0.191 e. The summed E-state index contributed by atoms with van der Waals surface area (Å²) < 4.78 is 1.20.